The lowest BCUT2D eigenvalue weighted by Crippen LogP contribution is -2.62. The van der Waals surface area contributed by atoms with Gasteiger partial charge in [0.25, 0.3) is 5.91 Å². The molecule has 25 heavy (non-hydrogen) atoms. The first-order valence-corrected chi connectivity index (χ1v) is 8.89. The standard InChI is InChI=1S/C19H28F2N2O2/c1-6-10-23-19(4,5)17(24)15(12(2)3)18(25)22(23)11-13-8-7-9-14(20)16(13)21/h8,12,24H,6-7,9-11H2,1-5H3. The quantitative estimate of drug-likeness (QED) is 0.786. The van der Waals surface area contributed by atoms with Crippen LogP contribution in [0.4, 0.5) is 8.78 Å². The number of hydrogen-bond donors (Lipinski definition) is 1. The Kier molecular flexibility index (Phi) is 5.72. The summed E-state index contributed by atoms with van der Waals surface area (Å²) in [5.41, 5.74) is -0.269. The van der Waals surface area contributed by atoms with E-state index in [1.54, 1.807) is 11.1 Å². The van der Waals surface area contributed by atoms with E-state index in [1.807, 2.05) is 34.6 Å². The van der Waals surface area contributed by atoms with Crippen molar-refractivity contribution in [1.29, 1.82) is 0 Å². The molecule has 0 aromatic carbocycles. The van der Waals surface area contributed by atoms with Crippen molar-refractivity contribution < 1.29 is 18.7 Å². The molecule has 140 valence electrons. The van der Waals surface area contributed by atoms with Gasteiger partial charge in [-0.1, -0.05) is 26.8 Å². The summed E-state index contributed by atoms with van der Waals surface area (Å²) in [5, 5.41) is 13.9. The summed E-state index contributed by atoms with van der Waals surface area (Å²) in [7, 11) is 0. The minimum Gasteiger partial charge on any atom is -0.510 e. The summed E-state index contributed by atoms with van der Waals surface area (Å²) < 4.78 is 27.8. The Morgan fingerprint density at radius 2 is 1.96 bits per heavy atom. The van der Waals surface area contributed by atoms with E-state index in [2.05, 4.69) is 0 Å². The monoisotopic (exact) mass is 354 g/mol. The highest BCUT2D eigenvalue weighted by Crippen LogP contribution is 2.37. The molecule has 2 aliphatic rings. The highest BCUT2D eigenvalue weighted by molar-refractivity contribution is 5.95. The number of aliphatic hydroxyl groups excluding tert-OH is 1. The molecule has 1 aliphatic carbocycles. The topological polar surface area (TPSA) is 43.8 Å². The van der Waals surface area contributed by atoms with Gasteiger partial charge in [-0.25, -0.2) is 13.8 Å². The lowest BCUT2D eigenvalue weighted by atomic mass is 9.88. The van der Waals surface area contributed by atoms with Crippen LogP contribution in [-0.4, -0.2) is 39.7 Å². The van der Waals surface area contributed by atoms with Crippen LogP contribution in [0.25, 0.3) is 0 Å². The number of allylic oxidation sites excluding steroid dienone is 2. The van der Waals surface area contributed by atoms with E-state index in [-0.39, 0.29) is 36.1 Å². The van der Waals surface area contributed by atoms with Crippen molar-refractivity contribution in [3.05, 3.63) is 34.6 Å². The fraction of sp³-hybridized carbons (Fsp3) is 0.632. The molecule has 1 heterocycles. The van der Waals surface area contributed by atoms with Crippen LogP contribution in [0.2, 0.25) is 0 Å². The van der Waals surface area contributed by atoms with E-state index in [1.165, 1.54) is 5.01 Å². The molecule has 0 spiro atoms. The molecule has 0 saturated carbocycles. The van der Waals surface area contributed by atoms with Gasteiger partial charge < -0.3 is 5.11 Å². The van der Waals surface area contributed by atoms with Crippen molar-refractivity contribution in [1.82, 2.24) is 10.0 Å². The number of halogens is 2. The third kappa shape index (κ3) is 3.50. The van der Waals surface area contributed by atoms with Gasteiger partial charge in [-0.2, -0.15) is 0 Å². The first-order valence-electron chi connectivity index (χ1n) is 8.89. The summed E-state index contributed by atoms with van der Waals surface area (Å²) in [4.78, 5) is 13.0. The van der Waals surface area contributed by atoms with Crippen molar-refractivity contribution in [2.24, 2.45) is 5.92 Å². The largest absolute Gasteiger partial charge is 0.510 e. The van der Waals surface area contributed by atoms with E-state index < -0.39 is 17.2 Å². The fourth-order valence-electron chi connectivity index (χ4n) is 3.44. The second-order valence-corrected chi connectivity index (χ2v) is 7.45. The zero-order valence-electron chi connectivity index (χ0n) is 15.7. The Balaban J connectivity index is 2.47. The van der Waals surface area contributed by atoms with Crippen molar-refractivity contribution >= 4 is 5.91 Å². The third-order valence-corrected chi connectivity index (χ3v) is 4.84. The molecule has 4 nitrogen and oxygen atoms in total. The third-order valence-electron chi connectivity index (χ3n) is 4.84. The van der Waals surface area contributed by atoms with Gasteiger partial charge in [0, 0.05) is 18.5 Å². The van der Waals surface area contributed by atoms with Crippen LogP contribution in [0, 0.1) is 5.92 Å². The van der Waals surface area contributed by atoms with Gasteiger partial charge in [0.05, 0.1) is 17.7 Å². The van der Waals surface area contributed by atoms with Crippen LogP contribution in [-0.2, 0) is 4.79 Å². The van der Waals surface area contributed by atoms with Crippen molar-refractivity contribution in [2.75, 3.05) is 13.1 Å². The highest BCUT2D eigenvalue weighted by atomic mass is 19.2. The lowest BCUT2D eigenvalue weighted by molar-refractivity contribution is -0.161. The number of amides is 1. The van der Waals surface area contributed by atoms with Gasteiger partial charge in [0.1, 0.15) is 11.6 Å². The van der Waals surface area contributed by atoms with Crippen LogP contribution < -0.4 is 0 Å². The lowest BCUT2D eigenvalue weighted by Gasteiger charge is -2.49. The Bertz CT molecular complexity index is 648. The minimum atomic E-state index is -0.863. The summed E-state index contributed by atoms with van der Waals surface area (Å²) in [5.74, 6) is -2.09. The van der Waals surface area contributed by atoms with Crippen molar-refractivity contribution in [2.45, 2.75) is 59.4 Å². The Morgan fingerprint density at radius 3 is 2.52 bits per heavy atom. The summed E-state index contributed by atoms with van der Waals surface area (Å²) in [6.07, 6.45) is 2.89. The predicted molar refractivity (Wildman–Crippen MR) is 93.8 cm³/mol. The average Bonchev–Trinajstić information content (AvgIpc) is 2.53. The van der Waals surface area contributed by atoms with Gasteiger partial charge in [0.15, 0.2) is 5.83 Å². The molecule has 0 atom stereocenters. The zero-order chi connectivity index (χ0) is 18.9. The van der Waals surface area contributed by atoms with Crippen LogP contribution in [0.15, 0.2) is 34.6 Å². The number of rotatable bonds is 5. The molecule has 0 bridgehead atoms. The van der Waals surface area contributed by atoms with Crippen LogP contribution in [0.5, 0.6) is 0 Å². The number of hydrogen-bond acceptors (Lipinski definition) is 3. The van der Waals surface area contributed by atoms with Gasteiger partial charge in [-0.3, -0.25) is 9.80 Å². The Hall–Kier alpha value is -1.69. The SMILES string of the molecule is CCCN1N(CC2=CCCC(F)=C2F)C(=O)C(C(C)C)=C(O)C1(C)C. The minimum absolute atomic E-state index is 0.0367. The zero-order valence-corrected chi connectivity index (χ0v) is 15.7. The van der Waals surface area contributed by atoms with E-state index >= 15 is 0 Å². The molecule has 1 N–H and O–H groups in total. The summed E-state index contributed by atoms with van der Waals surface area (Å²) >= 11 is 0. The van der Waals surface area contributed by atoms with Gasteiger partial charge in [-0.05, 0) is 32.6 Å². The van der Waals surface area contributed by atoms with E-state index in [0.717, 1.165) is 6.42 Å². The molecule has 0 aromatic heterocycles. The normalized spacial score (nSPS) is 22.2. The smallest absolute Gasteiger partial charge is 0.268 e. The van der Waals surface area contributed by atoms with Gasteiger partial charge >= 0.3 is 0 Å². The molecule has 1 aliphatic heterocycles. The fourth-order valence-corrected chi connectivity index (χ4v) is 3.44. The number of carbonyl (C=O) groups is 1. The Labute approximate surface area is 148 Å². The molecular formula is C19H28F2N2O2. The maximum absolute atomic E-state index is 14.2. The predicted octanol–water partition coefficient (Wildman–Crippen LogP) is 4.57. The molecule has 6 heteroatoms. The summed E-state index contributed by atoms with van der Waals surface area (Å²) in [6.45, 7) is 9.81. The first-order chi connectivity index (χ1) is 11.6. The summed E-state index contributed by atoms with van der Waals surface area (Å²) in [6, 6.07) is 0. The second-order valence-electron chi connectivity index (χ2n) is 7.45. The van der Waals surface area contributed by atoms with E-state index in [0.29, 0.717) is 18.5 Å². The molecule has 0 saturated heterocycles. The highest BCUT2D eigenvalue weighted by Gasteiger charge is 2.46. The molecule has 2 rings (SSSR count). The second kappa shape index (κ2) is 7.28. The molecule has 0 fully saturated rings. The average molecular weight is 354 g/mol. The maximum atomic E-state index is 14.2. The Morgan fingerprint density at radius 1 is 1.32 bits per heavy atom. The molecule has 0 radical (unpaired) electrons. The number of hydrazine groups is 1. The molecule has 0 aromatic rings. The van der Waals surface area contributed by atoms with Crippen molar-refractivity contribution in [3.8, 4) is 0 Å². The number of aliphatic hydroxyl groups is 1. The first kappa shape index (κ1) is 19.6. The van der Waals surface area contributed by atoms with Crippen LogP contribution >= 0.6 is 0 Å². The van der Waals surface area contributed by atoms with E-state index in [9.17, 15) is 18.7 Å². The maximum Gasteiger partial charge on any atom is 0.268 e. The molecular weight excluding hydrogens is 326 g/mol. The van der Waals surface area contributed by atoms with Gasteiger partial charge in [0.2, 0.25) is 0 Å². The number of nitrogens with zero attached hydrogens (tertiary/aromatic N) is 2. The van der Waals surface area contributed by atoms with Crippen LogP contribution in [0.3, 0.4) is 0 Å². The van der Waals surface area contributed by atoms with Gasteiger partial charge in [-0.15, -0.1) is 0 Å². The van der Waals surface area contributed by atoms with Crippen molar-refractivity contribution in [3.63, 3.8) is 0 Å². The molecule has 0 unspecified atom stereocenters. The number of carbonyl (C=O) groups excluding carboxylic acids is 1. The van der Waals surface area contributed by atoms with Crippen LogP contribution in [0.1, 0.15) is 53.9 Å². The molecule has 1 amide bonds. The van der Waals surface area contributed by atoms with E-state index in [4.69, 9.17) is 0 Å².